The summed E-state index contributed by atoms with van der Waals surface area (Å²) >= 11 is 14.3. The Kier molecular flexibility index (Phi) is 3.85. The Bertz CT molecular complexity index is 1100. The van der Waals surface area contributed by atoms with E-state index in [1.54, 1.807) is 11.8 Å². The number of hydrogen-bond acceptors (Lipinski definition) is 4. The fourth-order valence-electron chi connectivity index (χ4n) is 3.26. The van der Waals surface area contributed by atoms with Gasteiger partial charge in [0.05, 0.1) is 0 Å². The number of hydrogen-bond donors (Lipinski definition) is 1. The molecular weight excluding hydrogens is 387 g/mol. The van der Waals surface area contributed by atoms with Crippen molar-refractivity contribution in [1.82, 2.24) is 20.2 Å². The van der Waals surface area contributed by atoms with Crippen molar-refractivity contribution in [1.29, 1.82) is 0 Å². The number of para-hydroxylation sites is 1. The Morgan fingerprint density at radius 2 is 1.77 bits per heavy atom. The monoisotopic (exact) mass is 400 g/mol. The molecule has 4 aromatic rings. The molecule has 5 rings (SSSR count). The Hall–Kier alpha value is -1.82. The van der Waals surface area contributed by atoms with Crippen molar-refractivity contribution < 1.29 is 0 Å². The normalized spacial score (nSPS) is 19.7. The number of halogens is 2. The molecule has 1 N–H and O–H groups in total. The van der Waals surface area contributed by atoms with Crippen molar-refractivity contribution in [3.8, 4) is 0 Å². The predicted octanol–water partition coefficient (Wildman–Crippen LogP) is 5.53. The summed E-state index contributed by atoms with van der Waals surface area (Å²) in [6, 6.07) is 18.2. The van der Waals surface area contributed by atoms with Crippen molar-refractivity contribution in [2.75, 3.05) is 0 Å². The summed E-state index contributed by atoms with van der Waals surface area (Å²) < 4.78 is -0.674. The lowest BCUT2D eigenvalue weighted by Gasteiger charge is -2.16. The topological polar surface area (TPSA) is 54.5 Å². The molecule has 0 saturated heterocycles. The van der Waals surface area contributed by atoms with Crippen LogP contribution in [0.25, 0.3) is 22.1 Å². The molecule has 1 aliphatic rings. The highest BCUT2D eigenvalue weighted by Crippen LogP contribution is 2.63. The van der Waals surface area contributed by atoms with Crippen molar-refractivity contribution in [2.24, 2.45) is 5.92 Å². The van der Waals surface area contributed by atoms with E-state index in [2.05, 4.69) is 32.3 Å². The lowest BCUT2D eigenvalue weighted by molar-refractivity contribution is 0.783. The van der Waals surface area contributed by atoms with E-state index in [-0.39, 0.29) is 11.2 Å². The maximum atomic E-state index is 6.36. The van der Waals surface area contributed by atoms with E-state index >= 15 is 0 Å². The van der Waals surface area contributed by atoms with Gasteiger partial charge in [0.2, 0.25) is 5.16 Å². The molecule has 2 heterocycles. The third kappa shape index (κ3) is 2.84. The van der Waals surface area contributed by atoms with Crippen LogP contribution in [-0.4, -0.2) is 24.5 Å². The molecule has 0 bridgehead atoms. The second-order valence-electron chi connectivity index (χ2n) is 6.48. The molecule has 4 nitrogen and oxygen atoms in total. The molecule has 0 amide bonds. The standard InChI is InChI=1S/C19H14Cl2N4S/c20-19(21)10-13(19)16(11-6-2-1-3-7-11)26-18-23-17-15(24-25-18)12-8-4-5-9-14(12)22-17/h1-9,13,16H,10H2,(H,22,23,25). The zero-order valence-corrected chi connectivity index (χ0v) is 15.9. The lowest BCUT2D eigenvalue weighted by Crippen LogP contribution is -2.04. The van der Waals surface area contributed by atoms with Gasteiger partial charge >= 0.3 is 0 Å². The van der Waals surface area contributed by atoms with Crippen LogP contribution in [0.3, 0.4) is 0 Å². The molecule has 0 radical (unpaired) electrons. The van der Waals surface area contributed by atoms with E-state index < -0.39 is 4.33 Å². The number of rotatable bonds is 4. The van der Waals surface area contributed by atoms with Gasteiger partial charge in [0, 0.05) is 22.1 Å². The molecule has 2 aromatic heterocycles. The highest BCUT2D eigenvalue weighted by atomic mass is 35.5. The van der Waals surface area contributed by atoms with Gasteiger partial charge in [0.1, 0.15) is 9.85 Å². The smallest absolute Gasteiger partial charge is 0.211 e. The fraction of sp³-hybridized carbons (Fsp3) is 0.211. The van der Waals surface area contributed by atoms with Gasteiger partial charge in [-0.3, -0.25) is 0 Å². The largest absolute Gasteiger partial charge is 0.338 e. The fourth-order valence-corrected chi connectivity index (χ4v) is 5.24. The van der Waals surface area contributed by atoms with E-state index in [4.69, 9.17) is 23.2 Å². The van der Waals surface area contributed by atoms with Crippen LogP contribution in [0.2, 0.25) is 0 Å². The summed E-state index contributed by atoms with van der Waals surface area (Å²) in [5.74, 6) is 0.167. The minimum atomic E-state index is -0.674. The van der Waals surface area contributed by atoms with Crippen LogP contribution in [0, 0.1) is 5.92 Å². The number of benzene rings is 2. The van der Waals surface area contributed by atoms with E-state index in [0.717, 1.165) is 28.5 Å². The van der Waals surface area contributed by atoms with Gasteiger partial charge in [-0.05, 0) is 18.1 Å². The van der Waals surface area contributed by atoms with Crippen LogP contribution in [0.15, 0.2) is 59.8 Å². The summed E-state index contributed by atoms with van der Waals surface area (Å²) in [5, 5.41) is 10.5. The zero-order chi connectivity index (χ0) is 17.7. The molecule has 2 aromatic carbocycles. The number of nitrogens with zero attached hydrogens (tertiary/aromatic N) is 3. The van der Waals surface area contributed by atoms with Crippen molar-refractivity contribution in [3.63, 3.8) is 0 Å². The Morgan fingerprint density at radius 1 is 1.04 bits per heavy atom. The van der Waals surface area contributed by atoms with Crippen LogP contribution in [0.1, 0.15) is 17.2 Å². The van der Waals surface area contributed by atoms with Crippen LogP contribution in [0.4, 0.5) is 0 Å². The second kappa shape index (κ2) is 6.12. The number of aromatic nitrogens is 4. The average molecular weight is 401 g/mol. The number of H-pyrrole nitrogens is 1. The number of fused-ring (bicyclic) bond motifs is 3. The third-order valence-corrected chi connectivity index (χ3v) is 6.81. The second-order valence-corrected chi connectivity index (χ2v) is 9.13. The average Bonchev–Trinajstić information content (AvgIpc) is 3.12. The van der Waals surface area contributed by atoms with Crippen molar-refractivity contribution in [3.05, 3.63) is 60.2 Å². The summed E-state index contributed by atoms with van der Waals surface area (Å²) in [7, 11) is 0. The highest BCUT2D eigenvalue weighted by Gasteiger charge is 2.56. The van der Waals surface area contributed by atoms with Gasteiger partial charge in [-0.25, -0.2) is 4.98 Å². The first-order valence-electron chi connectivity index (χ1n) is 8.32. The van der Waals surface area contributed by atoms with Crippen LogP contribution >= 0.6 is 35.0 Å². The van der Waals surface area contributed by atoms with E-state index in [0.29, 0.717) is 5.16 Å². The predicted molar refractivity (Wildman–Crippen MR) is 107 cm³/mol. The lowest BCUT2D eigenvalue weighted by atomic mass is 10.1. The van der Waals surface area contributed by atoms with Crippen molar-refractivity contribution in [2.45, 2.75) is 21.2 Å². The molecule has 0 spiro atoms. The van der Waals surface area contributed by atoms with Gasteiger partial charge in [-0.15, -0.1) is 33.4 Å². The molecule has 1 fully saturated rings. The van der Waals surface area contributed by atoms with Gasteiger partial charge in [-0.1, -0.05) is 60.3 Å². The molecule has 7 heteroatoms. The van der Waals surface area contributed by atoms with Gasteiger partial charge in [0.25, 0.3) is 0 Å². The molecule has 26 heavy (non-hydrogen) atoms. The third-order valence-electron chi connectivity index (χ3n) is 4.70. The van der Waals surface area contributed by atoms with Crippen LogP contribution in [0.5, 0.6) is 0 Å². The Balaban J connectivity index is 1.52. The summed E-state index contributed by atoms with van der Waals surface area (Å²) in [6.07, 6.45) is 0.769. The number of thioether (sulfide) groups is 1. The molecule has 1 aliphatic carbocycles. The Morgan fingerprint density at radius 3 is 2.54 bits per heavy atom. The van der Waals surface area contributed by atoms with Crippen LogP contribution < -0.4 is 0 Å². The molecular formula is C19H14Cl2N4S. The number of aromatic amines is 1. The van der Waals surface area contributed by atoms with Gasteiger partial charge in [-0.2, -0.15) is 0 Å². The maximum Gasteiger partial charge on any atom is 0.211 e. The summed E-state index contributed by atoms with van der Waals surface area (Å²) in [5.41, 5.74) is 3.71. The molecule has 1 saturated carbocycles. The zero-order valence-electron chi connectivity index (χ0n) is 13.6. The number of alkyl halides is 2. The SMILES string of the molecule is ClC1(Cl)CC1C(Sc1nnc2c(n1)[nH]c1ccccc12)c1ccccc1. The van der Waals surface area contributed by atoms with Gasteiger partial charge in [0.15, 0.2) is 5.65 Å². The van der Waals surface area contributed by atoms with Crippen molar-refractivity contribution >= 4 is 57.0 Å². The number of nitrogens with one attached hydrogen (secondary N) is 1. The van der Waals surface area contributed by atoms with Crippen LogP contribution in [-0.2, 0) is 0 Å². The van der Waals surface area contributed by atoms with Gasteiger partial charge < -0.3 is 4.98 Å². The van der Waals surface area contributed by atoms with E-state index in [1.165, 1.54) is 5.56 Å². The Labute approximate surface area is 164 Å². The highest BCUT2D eigenvalue weighted by molar-refractivity contribution is 7.99. The minimum absolute atomic E-state index is 0.0924. The maximum absolute atomic E-state index is 6.36. The van der Waals surface area contributed by atoms with E-state index in [1.807, 2.05) is 42.5 Å². The molecule has 0 aliphatic heterocycles. The molecule has 130 valence electrons. The summed E-state index contributed by atoms with van der Waals surface area (Å²) in [6.45, 7) is 0. The quantitative estimate of drug-likeness (QED) is 0.361. The minimum Gasteiger partial charge on any atom is -0.338 e. The van der Waals surface area contributed by atoms with E-state index in [9.17, 15) is 0 Å². The first kappa shape index (κ1) is 16.4. The first-order valence-corrected chi connectivity index (χ1v) is 9.96. The molecule has 2 atom stereocenters. The summed E-state index contributed by atoms with van der Waals surface area (Å²) in [4.78, 5) is 8.00. The first-order chi connectivity index (χ1) is 12.6. The molecule has 2 unspecified atom stereocenters.